The molecule has 0 unspecified atom stereocenters. The maximum absolute atomic E-state index is 12.0. The van der Waals surface area contributed by atoms with Crippen LogP contribution in [0.1, 0.15) is 18.1 Å². The molecule has 0 bridgehead atoms. The number of aryl methyl sites for hydroxylation is 1. The second-order valence-corrected chi connectivity index (χ2v) is 6.01. The summed E-state index contributed by atoms with van der Waals surface area (Å²) in [4.78, 5) is 13.8. The molecule has 7 heteroatoms. The van der Waals surface area contributed by atoms with Crippen LogP contribution < -0.4 is 16.4 Å². The largest absolute Gasteiger partial charge is 0.470 e. The van der Waals surface area contributed by atoms with E-state index in [1.165, 1.54) is 0 Å². The summed E-state index contributed by atoms with van der Waals surface area (Å²) in [7, 11) is 0. The Morgan fingerprint density at radius 3 is 2.92 bits per heavy atom. The van der Waals surface area contributed by atoms with Crippen LogP contribution in [-0.2, 0) is 16.1 Å². The van der Waals surface area contributed by atoms with E-state index < -0.39 is 5.91 Å². The van der Waals surface area contributed by atoms with Gasteiger partial charge in [0.1, 0.15) is 0 Å². The lowest BCUT2D eigenvalue weighted by molar-refractivity contribution is -0.114. The number of rotatable bonds is 5. The van der Waals surface area contributed by atoms with Crippen molar-refractivity contribution < 1.29 is 9.53 Å². The highest BCUT2D eigenvalue weighted by Gasteiger charge is 2.31. The Morgan fingerprint density at radius 2 is 2.25 bits per heavy atom. The number of nitrogens with zero attached hydrogens (tertiary/aromatic N) is 3. The van der Waals surface area contributed by atoms with Gasteiger partial charge in [-0.05, 0) is 19.9 Å². The lowest BCUT2D eigenvalue weighted by Gasteiger charge is -2.15. The molecule has 0 aliphatic carbocycles. The number of benzene rings is 1. The van der Waals surface area contributed by atoms with E-state index in [2.05, 4.69) is 5.10 Å². The van der Waals surface area contributed by atoms with E-state index in [0.29, 0.717) is 18.0 Å². The highest BCUT2D eigenvalue weighted by molar-refractivity contribution is 6.03. The van der Waals surface area contributed by atoms with Crippen LogP contribution in [0.15, 0.2) is 42.4 Å². The Balaban J connectivity index is 1.97. The van der Waals surface area contributed by atoms with E-state index in [4.69, 9.17) is 16.2 Å². The number of carbonyl (C=O) groups is 1. The summed E-state index contributed by atoms with van der Waals surface area (Å²) in [5.74, 6) is -0.0462. The molecule has 0 radical (unpaired) electrons. The fraction of sp³-hybridized carbons (Fsp3) is 0.294. The molecule has 0 fully saturated rings. The first-order valence-corrected chi connectivity index (χ1v) is 7.75. The molecule has 4 N–H and O–H groups in total. The van der Waals surface area contributed by atoms with Crippen molar-refractivity contribution in [2.75, 3.05) is 11.6 Å². The Bertz CT molecular complexity index is 794. The van der Waals surface area contributed by atoms with Gasteiger partial charge in [-0.25, -0.2) is 0 Å². The SMILES string of the molecule is Cc1cccc(C2=C(C(N)=O)N(c3cnn(C[C@@H](C)N)c3)CO2)c1. The highest BCUT2D eigenvalue weighted by Crippen LogP contribution is 2.32. The number of ether oxygens (including phenoxy) is 1. The number of anilines is 1. The van der Waals surface area contributed by atoms with E-state index in [0.717, 1.165) is 16.8 Å². The van der Waals surface area contributed by atoms with Crippen molar-refractivity contribution in [3.05, 3.63) is 53.5 Å². The van der Waals surface area contributed by atoms with Gasteiger partial charge in [0.05, 0.1) is 18.4 Å². The fourth-order valence-corrected chi connectivity index (χ4v) is 2.73. The van der Waals surface area contributed by atoms with E-state index in [1.807, 2.05) is 44.3 Å². The first kappa shape index (κ1) is 16.1. The first-order chi connectivity index (χ1) is 11.5. The van der Waals surface area contributed by atoms with Gasteiger partial charge in [0.25, 0.3) is 5.91 Å². The summed E-state index contributed by atoms with van der Waals surface area (Å²) in [5.41, 5.74) is 14.4. The zero-order chi connectivity index (χ0) is 17.3. The summed E-state index contributed by atoms with van der Waals surface area (Å²) < 4.78 is 7.51. The lowest BCUT2D eigenvalue weighted by Crippen LogP contribution is -2.28. The molecule has 1 aromatic carbocycles. The maximum Gasteiger partial charge on any atom is 0.269 e. The number of nitrogens with two attached hydrogens (primary N) is 2. The smallest absolute Gasteiger partial charge is 0.269 e. The number of amides is 1. The van der Waals surface area contributed by atoms with Crippen molar-refractivity contribution in [2.45, 2.75) is 26.4 Å². The molecule has 1 aliphatic rings. The molecule has 3 rings (SSSR count). The number of carbonyl (C=O) groups excluding carboxylic acids is 1. The van der Waals surface area contributed by atoms with Gasteiger partial charge in [-0.15, -0.1) is 0 Å². The Morgan fingerprint density at radius 1 is 1.46 bits per heavy atom. The van der Waals surface area contributed by atoms with Crippen LogP contribution in [-0.4, -0.2) is 28.5 Å². The topological polar surface area (TPSA) is 99.4 Å². The average molecular weight is 327 g/mol. The Hall–Kier alpha value is -2.80. The molecule has 1 amide bonds. The molecule has 2 heterocycles. The molecule has 0 saturated heterocycles. The molecule has 0 saturated carbocycles. The lowest BCUT2D eigenvalue weighted by atomic mass is 10.1. The van der Waals surface area contributed by atoms with Gasteiger partial charge in [0.15, 0.2) is 18.2 Å². The number of aromatic nitrogens is 2. The summed E-state index contributed by atoms with van der Waals surface area (Å²) in [5, 5.41) is 4.27. The van der Waals surface area contributed by atoms with E-state index in [1.54, 1.807) is 15.8 Å². The van der Waals surface area contributed by atoms with Crippen molar-refractivity contribution >= 4 is 17.4 Å². The first-order valence-electron chi connectivity index (χ1n) is 7.75. The van der Waals surface area contributed by atoms with E-state index >= 15 is 0 Å². The molecule has 2 aromatic rings. The molecule has 126 valence electrons. The molecule has 1 atom stereocenters. The van der Waals surface area contributed by atoms with Crippen molar-refractivity contribution in [3.63, 3.8) is 0 Å². The van der Waals surface area contributed by atoms with Crippen molar-refractivity contribution in [2.24, 2.45) is 11.5 Å². The molecular formula is C17H21N5O2. The fourth-order valence-electron chi connectivity index (χ4n) is 2.73. The molecule has 1 aliphatic heterocycles. The van der Waals surface area contributed by atoms with Crippen molar-refractivity contribution in [3.8, 4) is 0 Å². The monoisotopic (exact) mass is 327 g/mol. The summed E-state index contributed by atoms with van der Waals surface area (Å²) in [6.45, 7) is 4.70. The zero-order valence-electron chi connectivity index (χ0n) is 13.8. The molecular weight excluding hydrogens is 306 g/mol. The van der Waals surface area contributed by atoms with Gasteiger partial charge < -0.3 is 16.2 Å². The molecule has 0 spiro atoms. The van der Waals surface area contributed by atoms with E-state index in [-0.39, 0.29) is 12.8 Å². The van der Waals surface area contributed by atoms with E-state index in [9.17, 15) is 4.79 Å². The van der Waals surface area contributed by atoms with Crippen LogP contribution in [0.25, 0.3) is 5.76 Å². The number of primary amides is 1. The van der Waals surface area contributed by atoms with Gasteiger partial charge in [0.2, 0.25) is 0 Å². The minimum atomic E-state index is -0.538. The number of hydrogen-bond donors (Lipinski definition) is 2. The second kappa shape index (κ2) is 6.37. The third-order valence-electron chi connectivity index (χ3n) is 3.74. The quantitative estimate of drug-likeness (QED) is 0.859. The molecule has 24 heavy (non-hydrogen) atoms. The summed E-state index contributed by atoms with van der Waals surface area (Å²) in [6.07, 6.45) is 3.50. The average Bonchev–Trinajstić information content (AvgIpc) is 3.12. The van der Waals surface area contributed by atoms with Crippen molar-refractivity contribution in [1.29, 1.82) is 0 Å². The van der Waals surface area contributed by atoms with Gasteiger partial charge in [-0.1, -0.05) is 23.8 Å². The minimum Gasteiger partial charge on any atom is -0.470 e. The number of hydrogen-bond acceptors (Lipinski definition) is 5. The third-order valence-corrected chi connectivity index (χ3v) is 3.74. The summed E-state index contributed by atoms with van der Waals surface area (Å²) in [6, 6.07) is 7.75. The maximum atomic E-state index is 12.0. The van der Waals surface area contributed by atoms with Gasteiger partial charge in [-0.3, -0.25) is 14.4 Å². The standard InChI is InChI=1S/C17H21N5O2/c1-11-4-3-5-13(6-11)16-15(17(19)23)22(10-24-16)14-7-20-21(9-14)8-12(2)18/h3-7,9,12H,8,10,18H2,1-2H3,(H2,19,23)/t12-/m1/s1. The van der Waals surface area contributed by atoms with Crippen LogP contribution in [0.2, 0.25) is 0 Å². The Labute approximate surface area is 140 Å². The van der Waals surface area contributed by atoms with Gasteiger partial charge in [0, 0.05) is 17.8 Å². The van der Waals surface area contributed by atoms with Crippen LogP contribution in [0.5, 0.6) is 0 Å². The second-order valence-electron chi connectivity index (χ2n) is 6.01. The predicted molar refractivity (Wildman–Crippen MR) is 91.6 cm³/mol. The molecule has 1 aromatic heterocycles. The minimum absolute atomic E-state index is 0.0124. The predicted octanol–water partition coefficient (Wildman–Crippen LogP) is 1.19. The van der Waals surface area contributed by atoms with Crippen LogP contribution in [0, 0.1) is 6.92 Å². The van der Waals surface area contributed by atoms with Gasteiger partial charge >= 0.3 is 0 Å². The van der Waals surface area contributed by atoms with Gasteiger partial charge in [-0.2, -0.15) is 5.10 Å². The normalized spacial score (nSPS) is 15.5. The third kappa shape index (κ3) is 3.11. The van der Waals surface area contributed by atoms with Crippen LogP contribution in [0.4, 0.5) is 5.69 Å². The van der Waals surface area contributed by atoms with Crippen LogP contribution >= 0.6 is 0 Å². The Kier molecular flexibility index (Phi) is 4.26. The van der Waals surface area contributed by atoms with Crippen molar-refractivity contribution in [1.82, 2.24) is 9.78 Å². The highest BCUT2D eigenvalue weighted by atomic mass is 16.5. The molecule has 7 nitrogen and oxygen atoms in total. The zero-order valence-corrected chi connectivity index (χ0v) is 13.8. The van der Waals surface area contributed by atoms with Crippen LogP contribution in [0.3, 0.4) is 0 Å². The summed E-state index contributed by atoms with van der Waals surface area (Å²) >= 11 is 0.